The highest BCUT2D eigenvalue weighted by atomic mass is 32.1. The van der Waals surface area contributed by atoms with E-state index in [1.54, 1.807) is 50.4 Å². The van der Waals surface area contributed by atoms with Crippen LogP contribution in [0.3, 0.4) is 0 Å². The van der Waals surface area contributed by atoms with Crippen molar-refractivity contribution in [2.24, 2.45) is 0 Å². The quantitative estimate of drug-likeness (QED) is 0.197. The Bertz CT molecular complexity index is 1440. The molecule has 1 atom stereocenters. The summed E-state index contributed by atoms with van der Waals surface area (Å²) in [6.45, 7) is 6.40. The molecular formula is C27H27N3O8S. The van der Waals surface area contributed by atoms with Crippen molar-refractivity contribution in [1.82, 2.24) is 9.97 Å². The van der Waals surface area contributed by atoms with E-state index in [0.717, 1.165) is 23.8 Å². The number of aromatic nitrogens is 2. The van der Waals surface area contributed by atoms with Gasteiger partial charge in [0.05, 0.1) is 31.0 Å². The molecule has 1 unspecified atom stereocenters. The first kappa shape index (κ1) is 29.0. The molecule has 0 spiro atoms. The number of nitrogens with zero attached hydrogens (tertiary/aromatic N) is 3. The zero-order chi connectivity index (χ0) is 28.9. The number of benzene rings is 1. The maximum absolute atomic E-state index is 13.3. The van der Waals surface area contributed by atoms with Crippen LogP contribution in [0, 0.1) is 13.8 Å². The van der Waals surface area contributed by atoms with E-state index in [-0.39, 0.29) is 27.9 Å². The second kappa shape index (κ2) is 12.3. The van der Waals surface area contributed by atoms with Crippen LogP contribution in [0.15, 0.2) is 48.3 Å². The van der Waals surface area contributed by atoms with Crippen molar-refractivity contribution in [3.8, 4) is 5.75 Å². The number of carbonyl (C=O) groups excluding carboxylic acids is 3. The fraction of sp³-hybridized carbons (Fsp3) is 0.259. The molecule has 2 N–H and O–H groups in total. The summed E-state index contributed by atoms with van der Waals surface area (Å²) in [7, 11) is 1.54. The molecule has 1 amide bonds. The van der Waals surface area contributed by atoms with Crippen molar-refractivity contribution in [1.29, 1.82) is 0 Å². The molecule has 1 aliphatic heterocycles. The molecule has 2 aromatic heterocycles. The largest absolute Gasteiger partial charge is 0.507 e. The van der Waals surface area contributed by atoms with Gasteiger partial charge in [-0.3, -0.25) is 24.3 Å². The van der Waals surface area contributed by atoms with Crippen LogP contribution in [0.1, 0.15) is 51.9 Å². The molecule has 3 heterocycles. The molecule has 0 saturated carbocycles. The summed E-state index contributed by atoms with van der Waals surface area (Å²) in [4.78, 5) is 57.8. The number of aliphatic hydroxyl groups excluding tert-OH is 1. The average Bonchev–Trinajstić information content (AvgIpc) is 3.40. The van der Waals surface area contributed by atoms with E-state index >= 15 is 0 Å². The highest BCUT2D eigenvalue weighted by Crippen LogP contribution is 2.44. The SMILES string of the molecule is CC(=O)O.CCOC(=O)c1sc(N2C(=O)C(=O)/C(=C(/O)c3ccc(OC)c(C)c3)C2c2cccnc2)nc1C. The molecule has 11 nitrogen and oxygen atoms in total. The first-order valence-corrected chi connectivity index (χ1v) is 12.5. The Labute approximate surface area is 228 Å². The lowest BCUT2D eigenvalue weighted by Gasteiger charge is -2.22. The molecular weight excluding hydrogens is 526 g/mol. The Kier molecular flexibility index (Phi) is 9.15. The molecule has 0 radical (unpaired) electrons. The molecule has 0 bridgehead atoms. The smallest absolute Gasteiger partial charge is 0.350 e. The number of pyridine rings is 1. The summed E-state index contributed by atoms with van der Waals surface area (Å²) < 4.78 is 10.4. The number of esters is 1. The van der Waals surface area contributed by atoms with Crippen LogP contribution in [0.5, 0.6) is 5.75 Å². The van der Waals surface area contributed by atoms with Crippen LogP contribution in [0.2, 0.25) is 0 Å². The van der Waals surface area contributed by atoms with Gasteiger partial charge >= 0.3 is 11.9 Å². The van der Waals surface area contributed by atoms with Crippen LogP contribution in [-0.4, -0.2) is 57.5 Å². The Morgan fingerprint density at radius 1 is 1.15 bits per heavy atom. The summed E-state index contributed by atoms with van der Waals surface area (Å²) in [6.07, 6.45) is 3.08. The maximum Gasteiger partial charge on any atom is 0.350 e. The van der Waals surface area contributed by atoms with Crippen LogP contribution < -0.4 is 9.64 Å². The summed E-state index contributed by atoms with van der Waals surface area (Å²) in [5.74, 6) is -2.83. The Balaban J connectivity index is 0.000000983. The van der Waals surface area contributed by atoms with E-state index < -0.39 is 29.7 Å². The molecule has 1 aromatic carbocycles. The minimum atomic E-state index is -0.994. The van der Waals surface area contributed by atoms with Crippen molar-refractivity contribution in [2.45, 2.75) is 33.7 Å². The highest BCUT2D eigenvalue weighted by Gasteiger charge is 2.48. The van der Waals surface area contributed by atoms with Gasteiger partial charge in [-0.1, -0.05) is 17.4 Å². The van der Waals surface area contributed by atoms with Crippen molar-refractivity contribution >= 4 is 45.9 Å². The van der Waals surface area contributed by atoms with Gasteiger partial charge in [-0.15, -0.1) is 0 Å². The fourth-order valence-electron chi connectivity index (χ4n) is 3.94. The first-order chi connectivity index (χ1) is 18.5. The third-order valence-corrected chi connectivity index (χ3v) is 6.70. The second-order valence-corrected chi connectivity index (χ2v) is 9.27. The predicted molar refractivity (Wildman–Crippen MR) is 143 cm³/mol. The molecule has 0 aliphatic carbocycles. The Hall–Kier alpha value is -4.58. The Morgan fingerprint density at radius 2 is 1.85 bits per heavy atom. The number of aryl methyl sites for hydroxylation is 2. The van der Waals surface area contributed by atoms with Crippen molar-refractivity contribution in [3.05, 3.63) is 75.6 Å². The molecule has 1 saturated heterocycles. The third kappa shape index (κ3) is 6.12. The summed E-state index contributed by atoms with van der Waals surface area (Å²) >= 11 is 0.952. The van der Waals surface area contributed by atoms with Gasteiger partial charge in [0.2, 0.25) is 0 Å². The van der Waals surface area contributed by atoms with Gasteiger partial charge in [0.15, 0.2) is 5.13 Å². The summed E-state index contributed by atoms with van der Waals surface area (Å²) in [6, 6.07) is 7.34. The lowest BCUT2D eigenvalue weighted by molar-refractivity contribution is -0.134. The molecule has 39 heavy (non-hydrogen) atoms. The zero-order valence-electron chi connectivity index (χ0n) is 21.9. The second-order valence-electron chi connectivity index (χ2n) is 8.29. The van der Waals surface area contributed by atoms with E-state index in [1.807, 2.05) is 6.92 Å². The number of rotatable bonds is 6. The number of carboxylic acid groups (broad SMARTS) is 1. The zero-order valence-corrected chi connectivity index (χ0v) is 22.7. The number of amides is 1. The summed E-state index contributed by atoms with van der Waals surface area (Å²) in [5.41, 5.74) is 1.89. The molecule has 4 rings (SSSR count). The van der Waals surface area contributed by atoms with Crippen molar-refractivity contribution in [3.63, 3.8) is 0 Å². The molecule has 204 valence electrons. The van der Waals surface area contributed by atoms with E-state index in [2.05, 4.69) is 9.97 Å². The number of ketones is 1. The molecule has 1 fully saturated rings. The molecule has 3 aromatic rings. The van der Waals surface area contributed by atoms with Crippen LogP contribution in [0.25, 0.3) is 5.76 Å². The monoisotopic (exact) mass is 553 g/mol. The third-order valence-electron chi connectivity index (χ3n) is 5.57. The number of hydrogen-bond donors (Lipinski definition) is 2. The lowest BCUT2D eigenvalue weighted by atomic mass is 9.96. The number of hydrogen-bond acceptors (Lipinski definition) is 10. The number of aliphatic carboxylic acids is 1. The van der Waals surface area contributed by atoms with Gasteiger partial charge < -0.3 is 19.7 Å². The normalized spacial score (nSPS) is 15.9. The number of carboxylic acids is 1. The topological polar surface area (TPSA) is 156 Å². The summed E-state index contributed by atoms with van der Waals surface area (Å²) in [5, 5.41) is 18.8. The van der Waals surface area contributed by atoms with E-state index in [1.165, 1.54) is 18.2 Å². The van der Waals surface area contributed by atoms with E-state index in [0.29, 0.717) is 22.6 Å². The number of ether oxygens (including phenoxy) is 2. The van der Waals surface area contributed by atoms with Crippen LogP contribution in [-0.2, 0) is 19.1 Å². The van der Waals surface area contributed by atoms with Crippen molar-refractivity contribution in [2.75, 3.05) is 18.6 Å². The van der Waals surface area contributed by atoms with Crippen molar-refractivity contribution < 1.29 is 38.9 Å². The van der Waals surface area contributed by atoms with Crippen LogP contribution >= 0.6 is 11.3 Å². The van der Waals surface area contributed by atoms with Gasteiger partial charge in [0, 0.05) is 24.9 Å². The predicted octanol–water partition coefficient (Wildman–Crippen LogP) is 4.06. The number of carbonyl (C=O) groups is 4. The van der Waals surface area contributed by atoms with Gasteiger partial charge in [-0.05, 0) is 56.2 Å². The van der Waals surface area contributed by atoms with Gasteiger partial charge in [-0.2, -0.15) is 0 Å². The lowest BCUT2D eigenvalue weighted by Crippen LogP contribution is -2.29. The minimum absolute atomic E-state index is 0.0990. The first-order valence-electron chi connectivity index (χ1n) is 11.7. The number of aliphatic hydroxyl groups is 1. The molecule has 1 aliphatic rings. The van der Waals surface area contributed by atoms with Gasteiger partial charge in [0.1, 0.15) is 16.4 Å². The fourth-order valence-corrected chi connectivity index (χ4v) is 4.92. The number of Topliss-reactive ketones (excluding diaryl/α,β-unsaturated/α-hetero) is 1. The number of methoxy groups -OCH3 is 1. The van der Waals surface area contributed by atoms with Crippen LogP contribution in [0.4, 0.5) is 5.13 Å². The molecule has 12 heteroatoms. The number of thiazole rings is 1. The Morgan fingerprint density at radius 3 is 2.41 bits per heavy atom. The van der Waals surface area contributed by atoms with E-state index in [4.69, 9.17) is 19.4 Å². The standard InChI is InChI=1S/C25H23N3O6S.C2H4O2/c1-5-34-24(32)22-14(3)27-25(35-22)28-19(16-7-6-10-26-12-16)18(21(30)23(28)31)20(29)15-8-9-17(33-4)13(2)11-15;1-2(3)4/h6-12,19,29H,5H2,1-4H3;1H3,(H,3,4)/b20-18+;. The minimum Gasteiger partial charge on any atom is -0.507 e. The van der Waals surface area contributed by atoms with Gasteiger partial charge in [0.25, 0.3) is 11.8 Å². The van der Waals surface area contributed by atoms with E-state index in [9.17, 15) is 19.5 Å². The number of anilines is 1. The average molecular weight is 554 g/mol. The maximum atomic E-state index is 13.3. The highest BCUT2D eigenvalue weighted by molar-refractivity contribution is 7.17. The van der Waals surface area contributed by atoms with Gasteiger partial charge in [-0.25, -0.2) is 9.78 Å².